The van der Waals surface area contributed by atoms with E-state index in [1.54, 1.807) is 6.07 Å². The second-order valence-electron chi connectivity index (χ2n) is 4.30. The second kappa shape index (κ2) is 5.55. The lowest BCUT2D eigenvalue weighted by atomic mass is 10.3. The third kappa shape index (κ3) is 4.86. The van der Waals surface area contributed by atoms with E-state index < -0.39 is 10.0 Å². The van der Waals surface area contributed by atoms with Crippen molar-refractivity contribution in [2.24, 2.45) is 0 Å². The molecule has 0 bridgehead atoms. The van der Waals surface area contributed by atoms with Crippen LogP contribution in [0.4, 0.5) is 0 Å². The molecule has 0 radical (unpaired) electrons. The van der Waals surface area contributed by atoms with Gasteiger partial charge in [0, 0.05) is 11.9 Å². The van der Waals surface area contributed by atoms with E-state index in [0.717, 1.165) is 5.75 Å². The zero-order valence-electron chi connectivity index (χ0n) is 9.70. The molecule has 1 rings (SSSR count). The van der Waals surface area contributed by atoms with Crippen molar-refractivity contribution in [1.82, 2.24) is 4.98 Å². The number of rotatable bonds is 4. The Balaban J connectivity index is 2.47. The van der Waals surface area contributed by atoms with Gasteiger partial charge in [-0.1, -0.05) is 11.6 Å². The fourth-order valence-corrected chi connectivity index (χ4v) is 1.75. The third-order valence-corrected chi connectivity index (χ3v) is 3.49. The highest BCUT2D eigenvalue weighted by Gasteiger charge is 2.10. The van der Waals surface area contributed by atoms with Gasteiger partial charge in [0.25, 0.3) is 0 Å². The summed E-state index contributed by atoms with van der Waals surface area (Å²) in [6, 6.07) is 3.10. The van der Waals surface area contributed by atoms with Crippen molar-refractivity contribution in [2.75, 3.05) is 31.1 Å². The van der Waals surface area contributed by atoms with Gasteiger partial charge in [-0.25, -0.2) is 19.8 Å². The third-order valence-electron chi connectivity index (χ3n) is 1.89. The fraction of sp³-hybridized carbons (Fsp3) is 0.455. The number of aromatic nitrogens is 1. The summed E-state index contributed by atoms with van der Waals surface area (Å²) in [5.41, 5.74) is 0.448. The van der Waals surface area contributed by atoms with Gasteiger partial charge in [0.05, 0.1) is 12.2 Å². The molecule has 0 aliphatic heterocycles. The summed E-state index contributed by atoms with van der Waals surface area (Å²) in [7, 11) is -0.626. The number of esters is 1. The van der Waals surface area contributed by atoms with Gasteiger partial charge in [0.2, 0.25) is 0 Å². The molecule has 0 spiro atoms. The molecule has 0 N–H and O–H groups in total. The number of pyridine rings is 1. The molecule has 0 amide bonds. The van der Waals surface area contributed by atoms with Gasteiger partial charge < -0.3 is 4.74 Å². The smallest absolute Gasteiger partial charge is 0.338 e. The molecule has 0 saturated carbocycles. The lowest BCUT2D eigenvalue weighted by molar-refractivity contribution is 0.0530. The van der Waals surface area contributed by atoms with E-state index in [2.05, 4.69) is 23.8 Å². The molecule has 0 unspecified atom stereocenters. The molecule has 0 fully saturated rings. The Hall–Kier alpha value is -0.740. The Bertz CT molecular complexity index is 376. The number of carbonyl (C=O) groups is 1. The highest BCUT2D eigenvalue weighted by molar-refractivity contribution is 8.32. The molecule has 0 atom stereocenters. The van der Waals surface area contributed by atoms with Crippen molar-refractivity contribution in [3.8, 4) is 0 Å². The molecular weight excluding hydrogens is 246 g/mol. The summed E-state index contributed by atoms with van der Waals surface area (Å²) >= 11 is 5.68. The number of halogens is 1. The largest absolute Gasteiger partial charge is 0.461 e. The van der Waals surface area contributed by atoms with Crippen LogP contribution in [-0.2, 0) is 4.74 Å². The SMILES string of the molecule is CS(C)(C)CCOC(=O)c1ccnc(Cl)c1. The molecule has 0 saturated heterocycles. The predicted octanol–water partition coefficient (Wildman–Crippen LogP) is 2.59. The minimum atomic E-state index is -0.626. The molecule has 1 heterocycles. The normalized spacial score (nSPS) is 12.2. The standard InChI is InChI=1S/C11H16ClNO2S/c1-16(2,3)7-6-15-11(14)9-4-5-13-10(12)8-9/h4-5,8H,6-7H2,1-3H3. The Morgan fingerprint density at radius 3 is 2.75 bits per heavy atom. The van der Waals surface area contributed by atoms with Gasteiger partial charge in [-0.3, -0.25) is 0 Å². The van der Waals surface area contributed by atoms with Crippen LogP contribution in [-0.4, -0.2) is 42.1 Å². The second-order valence-corrected chi connectivity index (χ2v) is 9.28. The first-order chi connectivity index (χ1) is 7.38. The number of ether oxygens (including phenoxy) is 1. The van der Waals surface area contributed by atoms with Crippen molar-refractivity contribution >= 4 is 27.6 Å². The van der Waals surface area contributed by atoms with Crippen LogP contribution in [0.5, 0.6) is 0 Å². The van der Waals surface area contributed by atoms with Crippen LogP contribution in [0, 0.1) is 0 Å². The summed E-state index contributed by atoms with van der Waals surface area (Å²) in [6.07, 6.45) is 8.05. The average molecular weight is 262 g/mol. The van der Waals surface area contributed by atoms with Crippen molar-refractivity contribution < 1.29 is 9.53 Å². The molecule has 5 heteroatoms. The molecular formula is C11H16ClNO2S. The van der Waals surface area contributed by atoms with Crippen LogP contribution in [0.15, 0.2) is 18.3 Å². The van der Waals surface area contributed by atoms with E-state index in [1.165, 1.54) is 12.3 Å². The Morgan fingerprint density at radius 1 is 1.50 bits per heavy atom. The number of hydrogen-bond donors (Lipinski definition) is 0. The Kier molecular flexibility index (Phi) is 4.62. The van der Waals surface area contributed by atoms with E-state index in [9.17, 15) is 4.79 Å². The zero-order valence-corrected chi connectivity index (χ0v) is 11.3. The van der Waals surface area contributed by atoms with Crippen LogP contribution in [0.1, 0.15) is 10.4 Å². The van der Waals surface area contributed by atoms with E-state index >= 15 is 0 Å². The van der Waals surface area contributed by atoms with Crippen LogP contribution < -0.4 is 0 Å². The first-order valence-corrected chi connectivity index (χ1v) is 8.24. The average Bonchev–Trinajstić information content (AvgIpc) is 2.15. The summed E-state index contributed by atoms with van der Waals surface area (Å²) in [6.45, 7) is 0.456. The Labute approximate surface area is 102 Å². The summed E-state index contributed by atoms with van der Waals surface area (Å²) < 4.78 is 5.15. The van der Waals surface area contributed by atoms with E-state index in [0.29, 0.717) is 17.3 Å². The summed E-state index contributed by atoms with van der Waals surface area (Å²) in [5, 5.41) is 0.302. The molecule has 90 valence electrons. The van der Waals surface area contributed by atoms with Crippen molar-refractivity contribution in [1.29, 1.82) is 0 Å². The maximum absolute atomic E-state index is 11.6. The molecule has 3 nitrogen and oxygen atoms in total. The minimum absolute atomic E-state index is 0.302. The van der Waals surface area contributed by atoms with Crippen molar-refractivity contribution in [2.45, 2.75) is 0 Å². The van der Waals surface area contributed by atoms with Crippen LogP contribution in [0.2, 0.25) is 5.15 Å². The summed E-state index contributed by atoms with van der Waals surface area (Å²) in [5.74, 6) is 0.574. The van der Waals surface area contributed by atoms with E-state index in [-0.39, 0.29) is 5.97 Å². The molecule has 0 aliphatic rings. The lowest BCUT2D eigenvalue weighted by Crippen LogP contribution is -2.12. The van der Waals surface area contributed by atoms with Gasteiger partial charge in [0.1, 0.15) is 5.15 Å². The first-order valence-electron chi connectivity index (χ1n) is 4.83. The van der Waals surface area contributed by atoms with Crippen LogP contribution in [0.25, 0.3) is 0 Å². The molecule has 0 aromatic carbocycles. The number of hydrogen-bond acceptors (Lipinski definition) is 3. The van der Waals surface area contributed by atoms with Gasteiger partial charge in [0.15, 0.2) is 0 Å². The van der Waals surface area contributed by atoms with Gasteiger partial charge in [-0.15, -0.1) is 0 Å². The number of nitrogens with zero attached hydrogens (tertiary/aromatic N) is 1. The van der Waals surface area contributed by atoms with Gasteiger partial charge >= 0.3 is 5.97 Å². The zero-order chi connectivity index (χ0) is 12.2. The number of carbonyl (C=O) groups excluding carboxylic acids is 1. The van der Waals surface area contributed by atoms with Crippen LogP contribution in [0.3, 0.4) is 0 Å². The minimum Gasteiger partial charge on any atom is -0.461 e. The fourth-order valence-electron chi connectivity index (χ4n) is 0.997. The lowest BCUT2D eigenvalue weighted by Gasteiger charge is -2.24. The monoisotopic (exact) mass is 261 g/mol. The van der Waals surface area contributed by atoms with Crippen LogP contribution >= 0.6 is 21.6 Å². The highest BCUT2D eigenvalue weighted by Crippen LogP contribution is 2.33. The maximum atomic E-state index is 11.6. The summed E-state index contributed by atoms with van der Waals surface area (Å²) in [4.78, 5) is 15.4. The molecule has 0 aliphatic carbocycles. The predicted molar refractivity (Wildman–Crippen MR) is 69.8 cm³/mol. The van der Waals surface area contributed by atoms with E-state index in [1.807, 2.05) is 0 Å². The molecule has 16 heavy (non-hydrogen) atoms. The van der Waals surface area contributed by atoms with E-state index in [4.69, 9.17) is 16.3 Å². The highest BCUT2D eigenvalue weighted by atomic mass is 35.5. The topological polar surface area (TPSA) is 39.2 Å². The quantitative estimate of drug-likeness (QED) is 0.618. The van der Waals surface area contributed by atoms with Crippen molar-refractivity contribution in [3.05, 3.63) is 29.0 Å². The van der Waals surface area contributed by atoms with Crippen molar-refractivity contribution in [3.63, 3.8) is 0 Å². The molecule has 1 aromatic rings. The first kappa shape index (κ1) is 13.3. The Morgan fingerprint density at radius 2 is 2.19 bits per heavy atom. The maximum Gasteiger partial charge on any atom is 0.338 e. The van der Waals surface area contributed by atoms with Gasteiger partial charge in [-0.2, -0.15) is 0 Å². The van der Waals surface area contributed by atoms with Gasteiger partial charge in [-0.05, 0) is 30.9 Å². The molecule has 1 aromatic heterocycles.